The summed E-state index contributed by atoms with van der Waals surface area (Å²) in [5, 5.41) is 16.0. The number of phenolic OH excluding ortho intramolecular Hbond substituents is 1. The van der Waals surface area contributed by atoms with Crippen molar-refractivity contribution in [2.75, 3.05) is 51.5 Å². The molecule has 74 heavy (non-hydrogen) atoms. The molecule has 3 fully saturated rings. The number of benzene rings is 5. The van der Waals surface area contributed by atoms with E-state index in [1.54, 1.807) is 49.1 Å². The Kier molecular flexibility index (Phi) is 13.5. The fourth-order valence-corrected chi connectivity index (χ4v) is 11.3. The third-order valence-corrected chi connectivity index (χ3v) is 14.6. The molecule has 380 valence electrons. The van der Waals surface area contributed by atoms with Crippen molar-refractivity contribution in [2.45, 2.75) is 56.1 Å². The molecule has 5 aliphatic rings. The minimum atomic E-state index is -2.13. The monoisotopic (exact) mass is 1000 g/mol. The van der Waals surface area contributed by atoms with E-state index >= 15 is 19.2 Å². The van der Waals surface area contributed by atoms with E-state index in [9.17, 15) is 14.7 Å². The zero-order valence-electron chi connectivity index (χ0n) is 40.9. The number of nitrogens with two attached hydrogens (primary N) is 1. The summed E-state index contributed by atoms with van der Waals surface area (Å²) in [4.78, 5) is 95.4. The second kappa shape index (κ2) is 20.2. The number of primary amides is 1. The first kappa shape index (κ1) is 49.2. The summed E-state index contributed by atoms with van der Waals surface area (Å²) in [6.45, 7) is 5.33. The van der Waals surface area contributed by atoms with Crippen molar-refractivity contribution in [3.05, 3.63) is 155 Å². The maximum Gasteiger partial charge on any atom is 0.329 e. The highest BCUT2D eigenvalue weighted by Crippen LogP contribution is 2.66. The third kappa shape index (κ3) is 8.77. The van der Waals surface area contributed by atoms with Gasteiger partial charge in [-0.3, -0.25) is 24.2 Å². The van der Waals surface area contributed by atoms with Gasteiger partial charge < -0.3 is 45.3 Å². The molecular weight excluding hydrogens is 947 g/mol. The molecule has 18 nitrogen and oxygen atoms in total. The number of amides is 6. The number of piperazine rings is 1. The molecule has 18 heteroatoms. The standard InChI is InChI=1S/C56H55N7O11/c1-33(2)45(51(66)71-3)59-55(70)62-41-22-16-34(11-10-24-58-54(57)69)29-40(41)56(53(62)68)44(50(65)61-27-25-60(26-28-61)31-35-17-23-42-43(30-35)73-32-72-42)47-52(67)74-48(37-14-8-5-9-15-37)46(36-12-6-4-7-13-36)63(47)49(56)38-18-20-39(64)21-19-38/h4-9,12-23,29-30,33,44-49,64H,24-28,31-32H2,1-3H3,(H,59,70)(H3,57,58,69)/t44-,45-,46-,47-,48+,49+,56-/m0/s1. The lowest BCUT2D eigenvalue weighted by Gasteiger charge is -2.46. The van der Waals surface area contributed by atoms with Crippen molar-refractivity contribution >= 4 is 41.5 Å². The Bertz CT molecular complexity index is 3060. The molecule has 7 atom stereocenters. The molecule has 1 spiro atoms. The van der Waals surface area contributed by atoms with Crippen molar-refractivity contribution < 1.29 is 52.8 Å². The van der Waals surface area contributed by atoms with Gasteiger partial charge in [0, 0.05) is 38.3 Å². The molecular formula is C56H55N7O11. The van der Waals surface area contributed by atoms with Crippen LogP contribution >= 0.6 is 0 Å². The SMILES string of the molecule is COC(=O)[C@@H](NC(=O)N1C(=O)[C@@]2(c3cc(C#CCNC(N)=O)ccc31)[C@H](C(=O)N1CCN(Cc3ccc4c(c3)OCO4)CC1)[C@H]1C(=O)O[C@H](c3ccccc3)[C@H](c3ccccc3)N1[C@@H]2c1ccc(O)cc1)C(C)C. The number of morpholine rings is 1. The number of nitrogens with zero attached hydrogens (tertiary/aromatic N) is 4. The van der Waals surface area contributed by atoms with Crippen molar-refractivity contribution in [3.8, 4) is 29.1 Å². The first-order chi connectivity index (χ1) is 35.8. The zero-order chi connectivity index (χ0) is 51.8. The summed E-state index contributed by atoms with van der Waals surface area (Å²) in [5.74, 6) is 2.26. The highest BCUT2D eigenvalue weighted by atomic mass is 16.7. The summed E-state index contributed by atoms with van der Waals surface area (Å²) in [5.41, 5.74) is 6.65. The number of methoxy groups -OCH3 is 1. The van der Waals surface area contributed by atoms with E-state index in [0.717, 1.165) is 10.5 Å². The molecule has 0 aliphatic carbocycles. The van der Waals surface area contributed by atoms with Crippen molar-refractivity contribution in [1.29, 1.82) is 0 Å². The van der Waals surface area contributed by atoms with Crippen LogP contribution in [0.5, 0.6) is 17.2 Å². The zero-order valence-corrected chi connectivity index (χ0v) is 40.9. The molecule has 5 heterocycles. The number of aromatic hydroxyl groups is 1. The second-order valence-corrected chi connectivity index (χ2v) is 19.2. The largest absolute Gasteiger partial charge is 0.508 e. The number of rotatable bonds is 10. The fourth-order valence-electron chi connectivity index (χ4n) is 11.3. The van der Waals surface area contributed by atoms with Crippen molar-refractivity contribution in [2.24, 2.45) is 17.6 Å². The number of anilines is 1. The van der Waals surface area contributed by atoms with E-state index in [4.69, 9.17) is 24.7 Å². The van der Waals surface area contributed by atoms with E-state index in [-0.39, 0.29) is 43.4 Å². The Morgan fingerprint density at radius 1 is 0.824 bits per heavy atom. The van der Waals surface area contributed by atoms with Gasteiger partial charge in [0.1, 0.15) is 29.4 Å². The van der Waals surface area contributed by atoms with Gasteiger partial charge in [0.2, 0.25) is 18.6 Å². The lowest BCUT2D eigenvalue weighted by molar-refractivity contribution is -0.179. The van der Waals surface area contributed by atoms with Crippen LogP contribution in [0.1, 0.15) is 65.4 Å². The minimum Gasteiger partial charge on any atom is -0.508 e. The molecule has 0 aromatic heterocycles. The molecule has 0 saturated carbocycles. The van der Waals surface area contributed by atoms with Crippen LogP contribution in [0, 0.1) is 23.7 Å². The normalized spacial score (nSPS) is 23.3. The Balaban J connectivity index is 1.18. The summed E-state index contributed by atoms with van der Waals surface area (Å²) >= 11 is 0. The smallest absolute Gasteiger partial charge is 0.329 e. The quantitative estimate of drug-likeness (QED) is 0.106. The number of hydrogen-bond acceptors (Lipinski definition) is 13. The van der Waals surface area contributed by atoms with Crippen molar-refractivity contribution in [1.82, 2.24) is 25.3 Å². The molecule has 6 amide bonds. The van der Waals surface area contributed by atoms with Gasteiger partial charge in [-0.1, -0.05) is 105 Å². The molecule has 5 aromatic carbocycles. The highest BCUT2D eigenvalue weighted by molar-refractivity contribution is 6.25. The van der Waals surface area contributed by atoms with Crippen LogP contribution < -0.4 is 30.7 Å². The number of carbonyl (C=O) groups excluding carboxylic acids is 6. The predicted molar refractivity (Wildman–Crippen MR) is 268 cm³/mol. The van der Waals surface area contributed by atoms with E-state index < -0.39 is 83.3 Å². The number of esters is 2. The van der Waals surface area contributed by atoms with Gasteiger partial charge >= 0.3 is 24.0 Å². The van der Waals surface area contributed by atoms with Crippen LogP contribution in [0.3, 0.4) is 0 Å². The average Bonchev–Trinajstić information content (AvgIpc) is 4.08. The Labute approximate surface area is 427 Å². The number of hydrogen-bond donors (Lipinski definition) is 4. The van der Waals surface area contributed by atoms with E-state index in [1.165, 1.54) is 19.2 Å². The highest BCUT2D eigenvalue weighted by Gasteiger charge is 2.76. The topological polar surface area (TPSA) is 223 Å². The molecule has 5 aromatic rings. The van der Waals surface area contributed by atoms with Crippen molar-refractivity contribution in [3.63, 3.8) is 0 Å². The number of phenols is 1. The second-order valence-electron chi connectivity index (χ2n) is 19.2. The van der Waals surface area contributed by atoms with Crippen LogP contribution in [-0.4, -0.2) is 114 Å². The summed E-state index contributed by atoms with van der Waals surface area (Å²) in [7, 11) is 1.20. The summed E-state index contributed by atoms with van der Waals surface area (Å²) < 4.78 is 22.9. The van der Waals surface area contributed by atoms with Gasteiger partial charge in [-0.15, -0.1) is 0 Å². The van der Waals surface area contributed by atoms with E-state index in [0.29, 0.717) is 53.4 Å². The summed E-state index contributed by atoms with van der Waals surface area (Å²) in [6.07, 6.45) is -0.968. The maximum absolute atomic E-state index is 16.7. The van der Waals surface area contributed by atoms with E-state index in [1.807, 2.05) is 83.8 Å². The number of cyclic esters (lactones) is 1. The molecule has 3 saturated heterocycles. The number of ether oxygens (including phenoxy) is 4. The average molecular weight is 1000 g/mol. The third-order valence-electron chi connectivity index (χ3n) is 14.6. The van der Waals surface area contributed by atoms with Gasteiger partial charge in [0.25, 0.3) is 0 Å². The number of fused-ring (bicyclic) bond motifs is 4. The van der Waals surface area contributed by atoms with Gasteiger partial charge in [-0.25, -0.2) is 19.3 Å². The minimum absolute atomic E-state index is 0.0766. The molecule has 0 radical (unpaired) electrons. The van der Waals surface area contributed by atoms with Crippen LogP contribution in [0.2, 0.25) is 0 Å². The number of carbonyl (C=O) groups is 6. The fraction of sp³-hybridized carbons (Fsp3) is 0.321. The predicted octanol–water partition coefficient (Wildman–Crippen LogP) is 5.06. The Morgan fingerprint density at radius 3 is 2.19 bits per heavy atom. The lowest BCUT2D eigenvalue weighted by Crippen LogP contribution is -2.59. The first-order valence-corrected chi connectivity index (χ1v) is 24.5. The lowest BCUT2D eigenvalue weighted by atomic mass is 9.64. The van der Waals surface area contributed by atoms with Gasteiger partial charge in [0.15, 0.2) is 11.5 Å². The molecule has 0 bridgehead atoms. The maximum atomic E-state index is 16.7. The van der Waals surface area contributed by atoms with Crippen LogP contribution in [0.4, 0.5) is 15.3 Å². The summed E-state index contributed by atoms with van der Waals surface area (Å²) in [6, 6.07) is 29.0. The Morgan fingerprint density at radius 2 is 1.51 bits per heavy atom. The number of nitrogens with one attached hydrogen (secondary N) is 2. The molecule has 5 N–H and O–H groups in total. The van der Waals surface area contributed by atoms with Crippen LogP contribution in [0.25, 0.3) is 0 Å². The van der Waals surface area contributed by atoms with Crippen LogP contribution in [-0.2, 0) is 40.6 Å². The Hall–Kier alpha value is -8.40. The molecule has 5 aliphatic heterocycles. The first-order valence-electron chi connectivity index (χ1n) is 24.5. The molecule has 10 rings (SSSR count). The number of imide groups is 1. The van der Waals surface area contributed by atoms with Crippen LogP contribution in [0.15, 0.2) is 121 Å². The number of urea groups is 2. The van der Waals surface area contributed by atoms with Gasteiger partial charge in [-0.05, 0) is 76.2 Å². The van der Waals surface area contributed by atoms with E-state index in [2.05, 4.69) is 27.4 Å². The van der Waals surface area contributed by atoms with Gasteiger partial charge in [0.05, 0.1) is 37.3 Å². The van der Waals surface area contributed by atoms with Gasteiger partial charge in [-0.2, -0.15) is 0 Å². The molecule has 0 unspecified atom stereocenters.